The van der Waals surface area contributed by atoms with E-state index in [1.165, 1.54) is 0 Å². The largest absolute Gasteiger partial charge is 0.508 e. The monoisotopic (exact) mass is 260 g/mol. The van der Waals surface area contributed by atoms with Gasteiger partial charge in [0.2, 0.25) is 0 Å². The molecule has 0 saturated carbocycles. The van der Waals surface area contributed by atoms with E-state index >= 15 is 0 Å². The molecule has 1 atom stereocenters. The Morgan fingerprint density at radius 1 is 1.37 bits per heavy atom. The first-order valence-electron chi connectivity index (χ1n) is 6.56. The minimum atomic E-state index is 0.157. The van der Waals surface area contributed by atoms with Gasteiger partial charge in [0.15, 0.2) is 5.82 Å². The highest BCUT2D eigenvalue weighted by molar-refractivity contribution is 5.34. The number of hydrogen-bond donors (Lipinski definition) is 2. The van der Waals surface area contributed by atoms with Gasteiger partial charge in [-0.05, 0) is 12.5 Å². The zero-order valence-electron chi connectivity index (χ0n) is 11.4. The number of aromatic nitrogens is 3. The fourth-order valence-electron chi connectivity index (χ4n) is 2.11. The molecule has 0 fully saturated rings. The van der Waals surface area contributed by atoms with Crippen LogP contribution in [0.5, 0.6) is 5.75 Å². The van der Waals surface area contributed by atoms with Gasteiger partial charge in [0.1, 0.15) is 12.1 Å². The standard InChI is InChI=1S/C14H20N4O/c1-3-12(11-6-4-5-7-13(11)19)15-9-8-14-16-10-18(2)17-14/h4-7,10,12,15,19H,3,8-9H2,1-2H3. The van der Waals surface area contributed by atoms with Crippen molar-refractivity contribution in [1.82, 2.24) is 20.1 Å². The van der Waals surface area contributed by atoms with E-state index in [-0.39, 0.29) is 6.04 Å². The summed E-state index contributed by atoms with van der Waals surface area (Å²) in [4.78, 5) is 4.19. The first kappa shape index (κ1) is 13.5. The number of nitrogens with zero attached hydrogens (tertiary/aromatic N) is 3. The average Bonchev–Trinajstić information content (AvgIpc) is 2.82. The van der Waals surface area contributed by atoms with Crippen molar-refractivity contribution < 1.29 is 5.11 Å². The lowest BCUT2D eigenvalue weighted by molar-refractivity contribution is 0.441. The van der Waals surface area contributed by atoms with Crippen molar-refractivity contribution in [2.75, 3.05) is 6.54 Å². The molecule has 2 rings (SSSR count). The van der Waals surface area contributed by atoms with Gasteiger partial charge in [-0.3, -0.25) is 4.68 Å². The highest BCUT2D eigenvalue weighted by atomic mass is 16.3. The van der Waals surface area contributed by atoms with Gasteiger partial charge in [-0.1, -0.05) is 25.1 Å². The zero-order valence-corrected chi connectivity index (χ0v) is 11.4. The normalized spacial score (nSPS) is 12.5. The molecule has 102 valence electrons. The first-order chi connectivity index (χ1) is 9.20. The topological polar surface area (TPSA) is 63.0 Å². The Balaban J connectivity index is 1.91. The second kappa shape index (κ2) is 6.33. The van der Waals surface area contributed by atoms with Crippen molar-refractivity contribution in [3.8, 4) is 5.75 Å². The summed E-state index contributed by atoms with van der Waals surface area (Å²) in [5.74, 6) is 1.18. The molecule has 0 aliphatic carbocycles. The number of para-hydroxylation sites is 1. The summed E-state index contributed by atoms with van der Waals surface area (Å²) < 4.78 is 1.70. The number of phenolic OH excluding ortho intramolecular Hbond substituents is 1. The SMILES string of the molecule is CCC(NCCc1ncn(C)n1)c1ccccc1O. The Kier molecular flexibility index (Phi) is 4.52. The van der Waals surface area contributed by atoms with Crippen LogP contribution in [0.3, 0.4) is 0 Å². The van der Waals surface area contributed by atoms with E-state index in [4.69, 9.17) is 0 Å². The Hall–Kier alpha value is -1.88. The Morgan fingerprint density at radius 3 is 2.79 bits per heavy atom. The molecule has 1 aromatic heterocycles. The molecule has 1 aromatic carbocycles. The van der Waals surface area contributed by atoms with Gasteiger partial charge in [0, 0.05) is 31.6 Å². The number of aryl methyl sites for hydroxylation is 1. The third-order valence-corrected chi connectivity index (χ3v) is 3.11. The smallest absolute Gasteiger partial charge is 0.151 e. The third kappa shape index (κ3) is 3.54. The van der Waals surface area contributed by atoms with Crippen LogP contribution in [0.2, 0.25) is 0 Å². The number of aromatic hydroxyl groups is 1. The van der Waals surface area contributed by atoms with Crippen LogP contribution in [0.1, 0.15) is 30.8 Å². The summed E-state index contributed by atoms with van der Waals surface area (Å²) >= 11 is 0. The molecule has 0 spiro atoms. The van der Waals surface area contributed by atoms with Gasteiger partial charge in [-0.2, -0.15) is 5.10 Å². The predicted octanol–water partition coefficient (Wildman–Crippen LogP) is 1.80. The van der Waals surface area contributed by atoms with Crippen LogP contribution in [0, 0.1) is 0 Å². The molecular formula is C14H20N4O. The van der Waals surface area contributed by atoms with Gasteiger partial charge in [0.05, 0.1) is 0 Å². The molecule has 0 aliphatic heterocycles. The third-order valence-electron chi connectivity index (χ3n) is 3.11. The molecule has 5 heteroatoms. The number of phenols is 1. The maximum absolute atomic E-state index is 9.86. The van der Waals surface area contributed by atoms with E-state index in [1.807, 2.05) is 25.2 Å². The number of benzene rings is 1. The van der Waals surface area contributed by atoms with Crippen LogP contribution in [0.25, 0.3) is 0 Å². The first-order valence-corrected chi connectivity index (χ1v) is 6.56. The van der Waals surface area contributed by atoms with Crippen LogP contribution in [0.4, 0.5) is 0 Å². The zero-order chi connectivity index (χ0) is 13.7. The molecule has 1 heterocycles. The fraction of sp³-hybridized carbons (Fsp3) is 0.429. The predicted molar refractivity (Wildman–Crippen MR) is 73.8 cm³/mol. The molecule has 0 amide bonds. The van der Waals surface area contributed by atoms with Gasteiger partial charge in [0.25, 0.3) is 0 Å². The van der Waals surface area contributed by atoms with Crippen molar-refractivity contribution in [2.24, 2.45) is 7.05 Å². The van der Waals surface area contributed by atoms with E-state index in [9.17, 15) is 5.11 Å². The molecule has 0 radical (unpaired) electrons. The minimum Gasteiger partial charge on any atom is -0.508 e. The van der Waals surface area contributed by atoms with Crippen LogP contribution in [-0.4, -0.2) is 26.4 Å². The molecule has 0 bridgehead atoms. The van der Waals surface area contributed by atoms with Crippen molar-refractivity contribution >= 4 is 0 Å². The van der Waals surface area contributed by atoms with E-state index in [0.29, 0.717) is 5.75 Å². The molecule has 19 heavy (non-hydrogen) atoms. The maximum atomic E-state index is 9.86. The number of nitrogens with one attached hydrogen (secondary N) is 1. The Bertz CT molecular complexity index is 524. The van der Waals surface area contributed by atoms with E-state index in [1.54, 1.807) is 17.1 Å². The summed E-state index contributed by atoms with van der Waals surface area (Å²) in [6, 6.07) is 7.61. The molecule has 2 aromatic rings. The molecule has 1 unspecified atom stereocenters. The number of hydrogen-bond acceptors (Lipinski definition) is 4. The lowest BCUT2D eigenvalue weighted by atomic mass is 10.0. The lowest BCUT2D eigenvalue weighted by Crippen LogP contribution is -2.23. The summed E-state index contributed by atoms with van der Waals surface area (Å²) in [6.07, 6.45) is 3.41. The van der Waals surface area contributed by atoms with Crippen molar-refractivity contribution in [3.63, 3.8) is 0 Å². The van der Waals surface area contributed by atoms with Gasteiger partial charge < -0.3 is 10.4 Å². The Labute approximate surface area is 113 Å². The van der Waals surface area contributed by atoms with Gasteiger partial charge in [-0.15, -0.1) is 0 Å². The lowest BCUT2D eigenvalue weighted by Gasteiger charge is -2.18. The summed E-state index contributed by atoms with van der Waals surface area (Å²) in [5.41, 5.74) is 0.944. The van der Waals surface area contributed by atoms with Crippen LogP contribution in [-0.2, 0) is 13.5 Å². The highest BCUT2D eigenvalue weighted by Crippen LogP contribution is 2.25. The van der Waals surface area contributed by atoms with E-state index in [0.717, 1.165) is 30.8 Å². The summed E-state index contributed by atoms with van der Waals surface area (Å²) in [7, 11) is 1.86. The van der Waals surface area contributed by atoms with Crippen molar-refractivity contribution in [1.29, 1.82) is 0 Å². The summed E-state index contributed by atoms with van der Waals surface area (Å²) in [6.45, 7) is 2.89. The highest BCUT2D eigenvalue weighted by Gasteiger charge is 2.12. The fourth-order valence-corrected chi connectivity index (χ4v) is 2.11. The summed E-state index contributed by atoms with van der Waals surface area (Å²) in [5, 5.41) is 17.5. The van der Waals surface area contributed by atoms with Crippen LogP contribution < -0.4 is 5.32 Å². The second-order valence-corrected chi connectivity index (χ2v) is 4.56. The van der Waals surface area contributed by atoms with Crippen molar-refractivity contribution in [2.45, 2.75) is 25.8 Å². The number of rotatable bonds is 6. The minimum absolute atomic E-state index is 0.157. The van der Waals surface area contributed by atoms with Gasteiger partial charge >= 0.3 is 0 Å². The maximum Gasteiger partial charge on any atom is 0.151 e. The van der Waals surface area contributed by atoms with E-state index in [2.05, 4.69) is 22.3 Å². The van der Waals surface area contributed by atoms with Crippen molar-refractivity contribution in [3.05, 3.63) is 42.0 Å². The quantitative estimate of drug-likeness (QED) is 0.831. The molecule has 0 saturated heterocycles. The molecule has 5 nitrogen and oxygen atoms in total. The molecular weight excluding hydrogens is 240 g/mol. The van der Waals surface area contributed by atoms with Crippen LogP contribution >= 0.6 is 0 Å². The van der Waals surface area contributed by atoms with Crippen LogP contribution in [0.15, 0.2) is 30.6 Å². The van der Waals surface area contributed by atoms with E-state index < -0.39 is 0 Å². The average molecular weight is 260 g/mol. The Morgan fingerprint density at radius 2 is 2.16 bits per heavy atom. The second-order valence-electron chi connectivity index (χ2n) is 4.56. The molecule has 2 N–H and O–H groups in total. The molecule has 0 aliphatic rings. The van der Waals surface area contributed by atoms with Gasteiger partial charge in [-0.25, -0.2) is 4.98 Å².